The number of amides is 2. The molecule has 1 aliphatic heterocycles. The zero-order valence-electron chi connectivity index (χ0n) is 16.5. The van der Waals surface area contributed by atoms with Gasteiger partial charge in [-0.25, -0.2) is 0 Å². The molecular formula is C22H26N2O4. The molecule has 1 atom stereocenters. The third-order valence-corrected chi connectivity index (χ3v) is 4.56. The molecule has 28 heavy (non-hydrogen) atoms. The Morgan fingerprint density at radius 1 is 0.964 bits per heavy atom. The first-order valence-electron chi connectivity index (χ1n) is 9.52. The minimum atomic E-state index is -0.662. The number of anilines is 1. The minimum absolute atomic E-state index is 0.0743. The van der Waals surface area contributed by atoms with E-state index in [4.69, 9.17) is 9.47 Å². The lowest BCUT2D eigenvalue weighted by molar-refractivity contribution is -0.118. The molecule has 1 aliphatic rings. The fourth-order valence-electron chi connectivity index (χ4n) is 2.93. The van der Waals surface area contributed by atoms with Crippen LogP contribution in [-0.2, 0) is 4.79 Å². The van der Waals surface area contributed by atoms with Gasteiger partial charge in [-0.15, -0.1) is 0 Å². The Balaban J connectivity index is 1.70. The van der Waals surface area contributed by atoms with Crippen LogP contribution in [0.3, 0.4) is 0 Å². The van der Waals surface area contributed by atoms with Gasteiger partial charge >= 0.3 is 0 Å². The molecule has 2 aromatic rings. The van der Waals surface area contributed by atoms with Crippen LogP contribution in [0, 0.1) is 12.8 Å². The fraction of sp³-hybridized carbons (Fsp3) is 0.364. The molecule has 2 N–H and O–H groups in total. The van der Waals surface area contributed by atoms with Crippen molar-refractivity contribution < 1.29 is 19.1 Å². The monoisotopic (exact) mass is 382 g/mol. The van der Waals surface area contributed by atoms with Crippen molar-refractivity contribution in [2.24, 2.45) is 5.92 Å². The molecule has 0 radical (unpaired) electrons. The fourth-order valence-corrected chi connectivity index (χ4v) is 2.93. The molecule has 0 fully saturated rings. The number of benzene rings is 2. The van der Waals surface area contributed by atoms with E-state index in [1.807, 2.05) is 32.9 Å². The Kier molecular flexibility index (Phi) is 6.19. The summed E-state index contributed by atoms with van der Waals surface area (Å²) >= 11 is 0. The first kappa shape index (κ1) is 19.7. The van der Waals surface area contributed by atoms with Crippen molar-refractivity contribution in [3.05, 3.63) is 53.6 Å². The second-order valence-corrected chi connectivity index (χ2v) is 7.26. The van der Waals surface area contributed by atoms with E-state index in [1.54, 1.807) is 30.3 Å². The van der Waals surface area contributed by atoms with E-state index in [1.165, 1.54) is 0 Å². The maximum absolute atomic E-state index is 12.8. The van der Waals surface area contributed by atoms with Gasteiger partial charge in [0.25, 0.3) is 5.91 Å². The molecule has 6 nitrogen and oxygen atoms in total. The molecule has 2 amide bonds. The summed E-state index contributed by atoms with van der Waals surface area (Å²) in [5, 5.41) is 5.71. The van der Waals surface area contributed by atoms with Crippen LogP contribution in [0.25, 0.3) is 0 Å². The Morgan fingerprint density at radius 2 is 1.64 bits per heavy atom. The van der Waals surface area contributed by atoms with E-state index in [2.05, 4.69) is 10.6 Å². The van der Waals surface area contributed by atoms with Crippen LogP contribution in [0.2, 0.25) is 0 Å². The smallest absolute Gasteiger partial charge is 0.251 e. The minimum Gasteiger partial charge on any atom is -0.490 e. The van der Waals surface area contributed by atoms with E-state index >= 15 is 0 Å². The number of carbonyl (C=O) groups excluding carboxylic acids is 2. The molecule has 0 saturated carbocycles. The third kappa shape index (κ3) is 4.82. The number of ether oxygens (including phenoxy) is 2. The summed E-state index contributed by atoms with van der Waals surface area (Å²) in [5.41, 5.74) is 2.20. The molecule has 6 heteroatoms. The first-order chi connectivity index (χ1) is 13.4. The highest BCUT2D eigenvalue weighted by Gasteiger charge is 2.25. The van der Waals surface area contributed by atoms with Gasteiger partial charge in [-0.1, -0.05) is 31.5 Å². The van der Waals surface area contributed by atoms with Crippen LogP contribution in [0.1, 0.15) is 36.2 Å². The van der Waals surface area contributed by atoms with Crippen LogP contribution < -0.4 is 20.1 Å². The number of carbonyl (C=O) groups is 2. The Hall–Kier alpha value is -3.02. The van der Waals surface area contributed by atoms with Crippen LogP contribution >= 0.6 is 0 Å². The van der Waals surface area contributed by atoms with Crippen molar-refractivity contribution in [2.45, 2.75) is 33.2 Å². The number of rotatable bonds is 5. The lowest BCUT2D eigenvalue weighted by atomic mass is 10.0. The summed E-state index contributed by atoms with van der Waals surface area (Å²) in [6.45, 7) is 6.94. The SMILES string of the molecule is Cc1ccc(C(=O)N[C@H](C(=O)Nc2ccc3c(c2)OCCCO3)C(C)C)cc1. The number of nitrogens with one attached hydrogen (secondary N) is 2. The van der Waals surface area contributed by atoms with Gasteiger partial charge < -0.3 is 20.1 Å². The molecule has 148 valence electrons. The maximum atomic E-state index is 12.8. The molecule has 0 saturated heterocycles. The average molecular weight is 382 g/mol. The molecule has 1 heterocycles. The molecule has 3 rings (SSSR count). The van der Waals surface area contributed by atoms with Gasteiger partial charge in [-0.05, 0) is 37.1 Å². The molecular weight excluding hydrogens is 356 g/mol. The summed E-state index contributed by atoms with van der Waals surface area (Å²) in [4.78, 5) is 25.3. The highest BCUT2D eigenvalue weighted by Crippen LogP contribution is 2.32. The number of fused-ring (bicyclic) bond motifs is 1. The van der Waals surface area contributed by atoms with Gasteiger partial charge in [0.05, 0.1) is 13.2 Å². The van der Waals surface area contributed by atoms with Crippen LogP contribution in [0.5, 0.6) is 11.5 Å². The van der Waals surface area contributed by atoms with E-state index in [-0.39, 0.29) is 17.7 Å². The zero-order chi connectivity index (χ0) is 20.1. The van der Waals surface area contributed by atoms with Gasteiger partial charge in [-0.3, -0.25) is 9.59 Å². The summed E-state index contributed by atoms with van der Waals surface area (Å²) in [7, 11) is 0. The molecule has 2 aromatic carbocycles. The highest BCUT2D eigenvalue weighted by molar-refractivity contribution is 6.01. The molecule has 0 bridgehead atoms. The van der Waals surface area contributed by atoms with Crippen molar-refractivity contribution in [1.29, 1.82) is 0 Å². The molecule has 0 aliphatic carbocycles. The van der Waals surface area contributed by atoms with Gasteiger partial charge in [0, 0.05) is 23.7 Å². The highest BCUT2D eigenvalue weighted by atomic mass is 16.5. The summed E-state index contributed by atoms with van der Waals surface area (Å²) < 4.78 is 11.3. The predicted octanol–water partition coefficient (Wildman–Crippen LogP) is 3.55. The zero-order valence-corrected chi connectivity index (χ0v) is 16.5. The standard InChI is InChI=1S/C22H26N2O4/c1-14(2)20(24-21(25)16-7-5-15(3)6-8-16)22(26)23-17-9-10-18-19(13-17)28-12-4-11-27-18/h5-10,13-14,20H,4,11-12H2,1-3H3,(H,23,26)(H,24,25)/t20-/m0/s1. The average Bonchev–Trinajstić information content (AvgIpc) is 2.91. The number of hydrogen-bond donors (Lipinski definition) is 2. The van der Waals surface area contributed by atoms with Gasteiger partial charge in [0.15, 0.2) is 11.5 Å². The topological polar surface area (TPSA) is 76.7 Å². The van der Waals surface area contributed by atoms with Crippen LogP contribution in [0.15, 0.2) is 42.5 Å². The number of hydrogen-bond acceptors (Lipinski definition) is 4. The van der Waals surface area contributed by atoms with Gasteiger partial charge in [0.1, 0.15) is 6.04 Å². The lowest BCUT2D eigenvalue weighted by Gasteiger charge is -2.22. The first-order valence-corrected chi connectivity index (χ1v) is 9.52. The van der Waals surface area contributed by atoms with Crippen molar-refractivity contribution in [2.75, 3.05) is 18.5 Å². The van der Waals surface area contributed by atoms with Gasteiger partial charge in [-0.2, -0.15) is 0 Å². The van der Waals surface area contributed by atoms with Crippen molar-refractivity contribution >= 4 is 17.5 Å². The Labute approximate surface area is 165 Å². The van der Waals surface area contributed by atoms with Crippen molar-refractivity contribution in [1.82, 2.24) is 5.32 Å². The van der Waals surface area contributed by atoms with Crippen molar-refractivity contribution in [3.8, 4) is 11.5 Å². The number of aryl methyl sites for hydroxylation is 1. The largest absolute Gasteiger partial charge is 0.490 e. The van der Waals surface area contributed by atoms with E-state index < -0.39 is 6.04 Å². The Morgan fingerprint density at radius 3 is 2.32 bits per heavy atom. The lowest BCUT2D eigenvalue weighted by Crippen LogP contribution is -2.47. The molecule has 0 aromatic heterocycles. The van der Waals surface area contributed by atoms with Crippen LogP contribution in [-0.4, -0.2) is 31.1 Å². The maximum Gasteiger partial charge on any atom is 0.251 e. The van der Waals surface area contributed by atoms with Gasteiger partial charge in [0.2, 0.25) is 5.91 Å². The summed E-state index contributed by atoms with van der Waals surface area (Å²) in [6, 6.07) is 11.9. The third-order valence-electron chi connectivity index (χ3n) is 4.56. The van der Waals surface area contributed by atoms with E-state index in [0.29, 0.717) is 36.0 Å². The normalized spacial score (nSPS) is 14.1. The van der Waals surface area contributed by atoms with E-state index in [0.717, 1.165) is 12.0 Å². The molecule has 0 unspecified atom stereocenters. The summed E-state index contributed by atoms with van der Waals surface area (Å²) in [5.74, 6) is 0.663. The summed E-state index contributed by atoms with van der Waals surface area (Å²) in [6.07, 6.45) is 0.816. The van der Waals surface area contributed by atoms with Crippen molar-refractivity contribution in [3.63, 3.8) is 0 Å². The van der Waals surface area contributed by atoms with E-state index in [9.17, 15) is 9.59 Å². The second-order valence-electron chi connectivity index (χ2n) is 7.26. The predicted molar refractivity (Wildman–Crippen MR) is 108 cm³/mol. The molecule has 0 spiro atoms. The van der Waals surface area contributed by atoms with Crippen LogP contribution in [0.4, 0.5) is 5.69 Å². The quantitative estimate of drug-likeness (QED) is 0.829. The Bertz CT molecular complexity index is 846. The second kappa shape index (κ2) is 8.78.